The van der Waals surface area contributed by atoms with Gasteiger partial charge in [0.25, 0.3) is 0 Å². The van der Waals surface area contributed by atoms with Crippen LogP contribution >= 0.6 is 0 Å². The Morgan fingerprint density at radius 2 is 1.82 bits per heavy atom. The van der Waals surface area contributed by atoms with Gasteiger partial charge in [-0.2, -0.15) is 0 Å². The van der Waals surface area contributed by atoms with Crippen molar-refractivity contribution in [3.63, 3.8) is 0 Å². The van der Waals surface area contributed by atoms with E-state index in [4.69, 9.17) is 10.5 Å². The van der Waals surface area contributed by atoms with Crippen LogP contribution in [0.15, 0.2) is 36.4 Å². The molecule has 0 aliphatic carbocycles. The summed E-state index contributed by atoms with van der Waals surface area (Å²) >= 11 is 0. The summed E-state index contributed by atoms with van der Waals surface area (Å²) in [6, 6.07) is 7.31. The number of nitrogen functional groups attached to an aromatic ring is 1. The summed E-state index contributed by atoms with van der Waals surface area (Å²) in [5, 5.41) is 9.21. The van der Waals surface area contributed by atoms with Crippen LogP contribution in [0.5, 0.6) is 5.75 Å². The molecule has 0 saturated carbocycles. The lowest BCUT2D eigenvalue weighted by molar-refractivity contribution is -0.148. The van der Waals surface area contributed by atoms with E-state index in [1.54, 1.807) is 13.8 Å². The Morgan fingerprint density at radius 1 is 1.23 bits per heavy atom. The smallest absolute Gasteiger partial charge is 0.309 e. The minimum absolute atomic E-state index is 0.164. The fourth-order valence-corrected chi connectivity index (χ4v) is 2.48. The first-order valence-corrected chi connectivity index (χ1v) is 7.52. The van der Waals surface area contributed by atoms with Gasteiger partial charge in [0, 0.05) is 5.69 Å². The molecular weight excluding hydrogens is 278 g/mol. The highest BCUT2D eigenvalue weighted by Gasteiger charge is 2.33. The molecule has 0 aromatic heterocycles. The van der Waals surface area contributed by atoms with Gasteiger partial charge in [-0.3, -0.25) is 4.79 Å². The van der Waals surface area contributed by atoms with E-state index >= 15 is 0 Å². The van der Waals surface area contributed by atoms with Crippen molar-refractivity contribution in [3.8, 4) is 5.75 Å². The third kappa shape index (κ3) is 6.20. The van der Waals surface area contributed by atoms with Crippen LogP contribution in [-0.4, -0.2) is 17.7 Å². The van der Waals surface area contributed by atoms with Crippen LogP contribution in [0.3, 0.4) is 0 Å². The molecule has 4 nitrogen and oxygen atoms in total. The lowest BCUT2D eigenvalue weighted by Gasteiger charge is -2.29. The molecule has 1 aromatic carbocycles. The highest BCUT2D eigenvalue weighted by molar-refractivity contribution is 5.73. The molecule has 0 spiro atoms. The Kier molecular flexibility index (Phi) is 6.03. The second-order valence-corrected chi connectivity index (χ2v) is 6.96. The summed E-state index contributed by atoms with van der Waals surface area (Å²) in [5.74, 6) is 0.0366. The van der Waals surface area contributed by atoms with E-state index in [1.165, 1.54) is 0 Å². The van der Waals surface area contributed by atoms with E-state index in [9.17, 15) is 9.90 Å². The molecule has 3 N–H and O–H groups in total. The minimum Gasteiger partial charge on any atom is -0.493 e. The second-order valence-electron chi connectivity index (χ2n) is 6.96. The molecule has 0 fully saturated rings. The van der Waals surface area contributed by atoms with Gasteiger partial charge in [-0.25, -0.2) is 0 Å². The van der Waals surface area contributed by atoms with Crippen LogP contribution in [0.25, 0.3) is 0 Å². The zero-order valence-corrected chi connectivity index (χ0v) is 13.9. The van der Waals surface area contributed by atoms with Crippen molar-refractivity contribution in [2.75, 3.05) is 12.3 Å². The topological polar surface area (TPSA) is 72.5 Å². The molecule has 0 bridgehead atoms. The maximum Gasteiger partial charge on any atom is 0.309 e. The number of rotatable bonds is 8. The maximum atomic E-state index is 11.2. The largest absolute Gasteiger partial charge is 0.493 e. The summed E-state index contributed by atoms with van der Waals surface area (Å²) < 4.78 is 5.61. The van der Waals surface area contributed by atoms with Crippen molar-refractivity contribution in [2.45, 2.75) is 40.5 Å². The number of aliphatic carboxylic acids is 1. The number of ether oxygens (including phenoxy) is 1. The molecule has 0 amide bonds. The number of carboxylic acid groups (broad SMARTS) is 1. The Balaban J connectivity index is 2.41. The number of carboxylic acids is 1. The highest BCUT2D eigenvalue weighted by Crippen LogP contribution is 2.35. The SMILES string of the molecule is CC(C)(/C=C\CCOc1ccc(N)cc1)CC(C)(C)C(=O)O. The first kappa shape index (κ1) is 18.1. The van der Waals surface area contributed by atoms with Gasteiger partial charge >= 0.3 is 5.97 Å². The zero-order chi connectivity index (χ0) is 16.8. The average molecular weight is 305 g/mol. The van der Waals surface area contributed by atoms with Crippen LogP contribution in [-0.2, 0) is 4.79 Å². The van der Waals surface area contributed by atoms with Crippen LogP contribution in [0.1, 0.15) is 40.5 Å². The number of carbonyl (C=O) groups is 1. The van der Waals surface area contributed by atoms with E-state index in [1.807, 2.05) is 24.3 Å². The predicted octanol–water partition coefficient (Wildman–Crippen LogP) is 4.12. The molecule has 0 heterocycles. The monoisotopic (exact) mass is 305 g/mol. The Morgan fingerprint density at radius 3 is 2.36 bits per heavy atom. The molecule has 0 aliphatic rings. The summed E-state index contributed by atoms with van der Waals surface area (Å²) in [6.07, 6.45) is 5.49. The van der Waals surface area contributed by atoms with Crippen molar-refractivity contribution in [2.24, 2.45) is 10.8 Å². The fourth-order valence-electron chi connectivity index (χ4n) is 2.48. The van der Waals surface area contributed by atoms with E-state index in [0.717, 1.165) is 17.9 Å². The first-order chi connectivity index (χ1) is 10.1. The quantitative estimate of drug-likeness (QED) is 0.430. The molecule has 1 aromatic rings. The van der Waals surface area contributed by atoms with E-state index < -0.39 is 11.4 Å². The molecule has 0 saturated heterocycles. The fraction of sp³-hybridized carbons (Fsp3) is 0.500. The standard InChI is InChI=1S/C18H27NO3/c1-17(2,13-18(3,4)16(20)21)11-5-6-12-22-15-9-7-14(19)8-10-15/h5,7-11H,6,12-13,19H2,1-4H3,(H,20,21)/b11-5-. The molecule has 1 rings (SSSR count). The predicted molar refractivity (Wildman–Crippen MR) is 89.9 cm³/mol. The van der Waals surface area contributed by atoms with Crippen molar-refractivity contribution in [3.05, 3.63) is 36.4 Å². The Hall–Kier alpha value is -1.97. The number of hydrogen-bond donors (Lipinski definition) is 2. The van der Waals surface area contributed by atoms with Gasteiger partial charge in [0.15, 0.2) is 0 Å². The van der Waals surface area contributed by atoms with Gasteiger partial charge in [0.1, 0.15) is 5.75 Å². The first-order valence-electron chi connectivity index (χ1n) is 7.52. The van der Waals surface area contributed by atoms with Gasteiger partial charge < -0.3 is 15.6 Å². The summed E-state index contributed by atoms with van der Waals surface area (Å²) in [5.41, 5.74) is 5.44. The third-order valence-electron chi connectivity index (χ3n) is 3.48. The molecule has 4 heteroatoms. The summed E-state index contributed by atoms with van der Waals surface area (Å²) in [6.45, 7) is 8.20. The van der Waals surface area contributed by atoms with Crippen molar-refractivity contribution >= 4 is 11.7 Å². The van der Waals surface area contributed by atoms with E-state index in [-0.39, 0.29) is 5.41 Å². The molecule has 122 valence electrons. The van der Waals surface area contributed by atoms with Gasteiger partial charge in [0.2, 0.25) is 0 Å². The average Bonchev–Trinajstić information content (AvgIpc) is 2.39. The summed E-state index contributed by atoms with van der Waals surface area (Å²) in [4.78, 5) is 11.2. The van der Waals surface area contributed by atoms with Crippen molar-refractivity contribution in [1.29, 1.82) is 0 Å². The van der Waals surface area contributed by atoms with Gasteiger partial charge in [-0.05, 0) is 56.4 Å². The van der Waals surface area contributed by atoms with Crippen molar-refractivity contribution < 1.29 is 14.6 Å². The van der Waals surface area contributed by atoms with E-state index in [0.29, 0.717) is 13.0 Å². The molecule has 0 aliphatic heterocycles. The number of nitrogens with two attached hydrogens (primary N) is 1. The normalized spacial score (nSPS) is 12.5. The molecule has 22 heavy (non-hydrogen) atoms. The highest BCUT2D eigenvalue weighted by atomic mass is 16.5. The van der Waals surface area contributed by atoms with Crippen LogP contribution in [0.4, 0.5) is 5.69 Å². The molecule has 0 radical (unpaired) electrons. The van der Waals surface area contributed by atoms with Crippen molar-refractivity contribution in [1.82, 2.24) is 0 Å². The summed E-state index contributed by atoms with van der Waals surface area (Å²) in [7, 11) is 0. The van der Waals surface area contributed by atoms with Crippen LogP contribution in [0, 0.1) is 10.8 Å². The van der Waals surface area contributed by atoms with Gasteiger partial charge in [-0.1, -0.05) is 26.0 Å². The van der Waals surface area contributed by atoms with E-state index in [2.05, 4.69) is 26.0 Å². The third-order valence-corrected chi connectivity index (χ3v) is 3.48. The molecule has 0 unspecified atom stereocenters. The lowest BCUT2D eigenvalue weighted by atomic mass is 9.75. The Labute approximate surface area is 133 Å². The number of benzene rings is 1. The second kappa shape index (κ2) is 7.34. The van der Waals surface area contributed by atoms with Crippen LogP contribution < -0.4 is 10.5 Å². The maximum absolute atomic E-state index is 11.2. The molecular formula is C18H27NO3. The number of allylic oxidation sites excluding steroid dienone is 1. The van der Waals surface area contributed by atoms with Gasteiger partial charge in [-0.15, -0.1) is 0 Å². The Bertz CT molecular complexity index is 516. The number of hydrogen-bond acceptors (Lipinski definition) is 3. The minimum atomic E-state index is -0.763. The molecule has 0 atom stereocenters. The zero-order valence-electron chi connectivity index (χ0n) is 13.9. The number of anilines is 1. The lowest BCUT2D eigenvalue weighted by Crippen LogP contribution is -2.29. The van der Waals surface area contributed by atoms with Crippen LogP contribution in [0.2, 0.25) is 0 Å². The van der Waals surface area contributed by atoms with Gasteiger partial charge in [0.05, 0.1) is 12.0 Å².